The lowest BCUT2D eigenvalue weighted by molar-refractivity contribution is 0.569. The molecule has 0 amide bonds. The minimum absolute atomic E-state index is 0.493. The van der Waals surface area contributed by atoms with Crippen LogP contribution >= 0.6 is 23.2 Å². The first-order valence-electron chi connectivity index (χ1n) is 3.26. The van der Waals surface area contributed by atoms with E-state index in [1.807, 2.05) is 0 Å². The lowest BCUT2D eigenvalue weighted by Crippen LogP contribution is -2.01. The van der Waals surface area contributed by atoms with E-state index >= 15 is 0 Å². The van der Waals surface area contributed by atoms with Crippen LogP contribution in [0.3, 0.4) is 0 Å². The van der Waals surface area contributed by atoms with Crippen molar-refractivity contribution in [2.75, 3.05) is 0 Å². The van der Waals surface area contributed by atoms with Crippen LogP contribution in [0.25, 0.3) is 0 Å². The van der Waals surface area contributed by atoms with Gasteiger partial charge in [-0.2, -0.15) is 0 Å². The van der Waals surface area contributed by atoms with E-state index in [1.54, 1.807) is 0 Å². The number of hydrogen-bond donors (Lipinski definition) is 0. The van der Waals surface area contributed by atoms with Crippen LogP contribution in [0.4, 0.5) is 0 Å². The Morgan fingerprint density at radius 1 is 1.44 bits per heavy atom. The molecular weight excluding hydrogens is 155 g/mol. The zero-order valence-electron chi connectivity index (χ0n) is 5.45. The van der Waals surface area contributed by atoms with Gasteiger partial charge < -0.3 is 0 Å². The van der Waals surface area contributed by atoms with Crippen LogP contribution in [0.2, 0.25) is 0 Å². The molecule has 1 unspecified atom stereocenters. The highest BCUT2D eigenvalue weighted by molar-refractivity contribution is 6.39. The van der Waals surface area contributed by atoms with E-state index < -0.39 is 0 Å². The molecule has 0 fully saturated rings. The summed E-state index contributed by atoms with van der Waals surface area (Å²) in [5.74, 6) is 0.493. The average Bonchev–Trinajstić information content (AvgIpc) is 1.83. The van der Waals surface area contributed by atoms with Gasteiger partial charge >= 0.3 is 0 Å². The van der Waals surface area contributed by atoms with Crippen LogP contribution in [0.5, 0.6) is 0 Å². The molecule has 0 spiro atoms. The van der Waals surface area contributed by atoms with Crippen LogP contribution in [0, 0.1) is 5.92 Å². The quantitative estimate of drug-likeness (QED) is 0.515. The third-order valence-corrected chi connectivity index (χ3v) is 2.82. The summed E-state index contributed by atoms with van der Waals surface area (Å²) in [6.07, 6.45) is 3.36. The lowest BCUT2D eigenvalue weighted by Gasteiger charge is -2.17. The van der Waals surface area contributed by atoms with Crippen molar-refractivity contribution in [3.05, 3.63) is 10.1 Å². The van der Waals surface area contributed by atoms with Crippen LogP contribution in [-0.4, -0.2) is 0 Å². The summed E-state index contributed by atoms with van der Waals surface area (Å²) in [5.41, 5.74) is 0. The monoisotopic (exact) mass is 164 g/mol. The molecule has 0 saturated carbocycles. The number of allylic oxidation sites excluding steroid dienone is 2. The first kappa shape index (κ1) is 7.43. The predicted octanol–water partition coefficient (Wildman–Crippen LogP) is 3.50. The molecule has 1 atom stereocenters. The third-order valence-electron chi connectivity index (χ3n) is 1.73. The molecular formula is C7H10Cl2. The molecule has 0 aromatic rings. The summed E-state index contributed by atoms with van der Waals surface area (Å²) in [6.45, 7) is 2.11. The van der Waals surface area contributed by atoms with E-state index in [0.29, 0.717) is 5.92 Å². The van der Waals surface area contributed by atoms with Crippen molar-refractivity contribution < 1.29 is 0 Å². The molecule has 0 aromatic carbocycles. The smallest absolute Gasteiger partial charge is 0.0354 e. The van der Waals surface area contributed by atoms with Gasteiger partial charge in [-0.1, -0.05) is 30.1 Å². The van der Waals surface area contributed by atoms with Crippen molar-refractivity contribution in [1.29, 1.82) is 0 Å². The SMILES string of the molecule is CC1CCCC(Cl)=C1Cl. The third kappa shape index (κ3) is 1.62. The maximum atomic E-state index is 5.87. The van der Waals surface area contributed by atoms with Crippen LogP contribution in [-0.2, 0) is 0 Å². The molecule has 0 nitrogen and oxygen atoms in total. The largest absolute Gasteiger partial charge is 0.0879 e. The Hall–Kier alpha value is 0.320. The van der Waals surface area contributed by atoms with E-state index in [2.05, 4.69) is 6.92 Å². The van der Waals surface area contributed by atoms with Crippen LogP contribution < -0.4 is 0 Å². The Labute approximate surface area is 65.8 Å². The normalized spacial score (nSPS) is 29.0. The Kier molecular flexibility index (Phi) is 2.42. The highest BCUT2D eigenvalue weighted by Crippen LogP contribution is 2.33. The summed E-state index contributed by atoms with van der Waals surface area (Å²) in [6, 6.07) is 0. The van der Waals surface area contributed by atoms with E-state index in [0.717, 1.165) is 16.5 Å². The molecule has 2 heteroatoms. The van der Waals surface area contributed by atoms with Gasteiger partial charge in [-0.3, -0.25) is 0 Å². The van der Waals surface area contributed by atoms with Crippen molar-refractivity contribution in [3.63, 3.8) is 0 Å². The van der Waals surface area contributed by atoms with Crippen molar-refractivity contribution in [2.45, 2.75) is 26.2 Å². The fourth-order valence-corrected chi connectivity index (χ4v) is 1.60. The molecule has 0 radical (unpaired) electrons. The van der Waals surface area contributed by atoms with E-state index in [-0.39, 0.29) is 0 Å². The molecule has 0 N–H and O–H groups in total. The minimum atomic E-state index is 0.493. The van der Waals surface area contributed by atoms with Gasteiger partial charge in [0.2, 0.25) is 0 Å². The van der Waals surface area contributed by atoms with Gasteiger partial charge in [0.05, 0.1) is 0 Å². The van der Waals surface area contributed by atoms with Gasteiger partial charge in [0, 0.05) is 10.1 Å². The first-order valence-corrected chi connectivity index (χ1v) is 4.01. The second-order valence-corrected chi connectivity index (χ2v) is 3.41. The maximum Gasteiger partial charge on any atom is 0.0354 e. The van der Waals surface area contributed by atoms with Crippen LogP contribution in [0.1, 0.15) is 26.2 Å². The average molecular weight is 165 g/mol. The zero-order chi connectivity index (χ0) is 6.85. The lowest BCUT2D eigenvalue weighted by atomic mass is 9.97. The summed E-state index contributed by atoms with van der Waals surface area (Å²) >= 11 is 11.7. The fraction of sp³-hybridized carbons (Fsp3) is 0.714. The Balaban J connectivity index is 2.72. The fourth-order valence-electron chi connectivity index (χ4n) is 1.08. The summed E-state index contributed by atoms with van der Waals surface area (Å²) in [7, 11) is 0. The highest BCUT2D eigenvalue weighted by Gasteiger charge is 2.15. The number of hydrogen-bond acceptors (Lipinski definition) is 0. The zero-order valence-corrected chi connectivity index (χ0v) is 6.97. The standard InChI is InChI=1S/C7H10Cl2/c1-5-3-2-4-6(8)7(5)9/h5H,2-4H2,1H3. The topological polar surface area (TPSA) is 0 Å². The van der Waals surface area contributed by atoms with Gasteiger partial charge in [0.1, 0.15) is 0 Å². The summed E-state index contributed by atoms with van der Waals surface area (Å²) in [5, 5.41) is 1.75. The van der Waals surface area contributed by atoms with Gasteiger partial charge in [0.15, 0.2) is 0 Å². The predicted molar refractivity (Wildman–Crippen MR) is 41.7 cm³/mol. The molecule has 0 aliphatic heterocycles. The number of halogens is 2. The second-order valence-electron chi connectivity index (χ2n) is 2.55. The Morgan fingerprint density at radius 2 is 2.11 bits per heavy atom. The summed E-state index contributed by atoms with van der Waals surface area (Å²) in [4.78, 5) is 0. The van der Waals surface area contributed by atoms with E-state index in [4.69, 9.17) is 23.2 Å². The van der Waals surface area contributed by atoms with E-state index in [9.17, 15) is 0 Å². The summed E-state index contributed by atoms with van der Waals surface area (Å²) < 4.78 is 0. The van der Waals surface area contributed by atoms with Gasteiger partial charge in [-0.05, 0) is 25.2 Å². The van der Waals surface area contributed by atoms with Crippen LogP contribution in [0.15, 0.2) is 10.1 Å². The molecule has 1 aliphatic rings. The minimum Gasteiger partial charge on any atom is -0.0879 e. The molecule has 0 aromatic heterocycles. The van der Waals surface area contributed by atoms with Gasteiger partial charge in [-0.15, -0.1) is 0 Å². The van der Waals surface area contributed by atoms with Crippen molar-refractivity contribution in [1.82, 2.24) is 0 Å². The number of rotatable bonds is 0. The van der Waals surface area contributed by atoms with Crippen molar-refractivity contribution >= 4 is 23.2 Å². The molecule has 52 valence electrons. The Bertz CT molecular complexity index is 138. The van der Waals surface area contributed by atoms with Crippen molar-refractivity contribution in [2.24, 2.45) is 5.92 Å². The maximum absolute atomic E-state index is 5.87. The van der Waals surface area contributed by atoms with E-state index in [1.165, 1.54) is 12.8 Å². The Morgan fingerprint density at radius 3 is 2.56 bits per heavy atom. The highest BCUT2D eigenvalue weighted by atomic mass is 35.5. The van der Waals surface area contributed by atoms with Gasteiger partial charge in [-0.25, -0.2) is 0 Å². The molecule has 1 rings (SSSR count). The molecule has 0 heterocycles. The molecule has 0 saturated heterocycles. The first-order chi connectivity index (χ1) is 4.22. The van der Waals surface area contributed by atoms with Crippen molar-refractivity contribution in [3.8, 4) is 0 Å². The second kappa shape index (κ2) is 2.94. The molecule has 0 bridgehead atoms. The molecule has 1 aliphatic carbocycles. The molecule has 9 heavy (non-hydrogen) atoms. The van der Waals surface area contributed by atoms with Gasteiger partial charge in [0.25, 0.3) is 0 Å².